The molecule has 1 heterocycles. The number of fused-ring (bicyclic) bond motifs is 1. The summed E-state index contributed by atoms with van der Waals surface area (Å²) in [4.78, 5) is 38.9. The number of ether oxygens (including phenoxy) is 2. The molecular formula is C19H16N2O5. The Hall–Kier alpha value is -3.61. The van der Waals surface area contributed by atoms with Crippen LogP contribution in [0.15, 0.2) is 54.6 Å². The number of aromatic amines is 1. The SMILES string of the molecule is COc1ccccc1C(=O)NC(=O)COC(=O)c1cc2ccccc2[nH]1. The van der Waals surface area contributed by atoms with E-state index in [1.807, 2.05) is 24.3 Å². The van der Waals surface area contributed by atoms with E-state index in [2.05, 4.69) is 10.3 Å². The molecule has 2 aromatic carbocycles. The van der Waals surface area contributed by atoms with Crippen LogP contribution in [0.5, 0.6) is 5.75 Å². The topological polar surface area (TPSA) is 97.5 Å². The Balaban J connectivity index is 1.58. The van der Waals surface area contributed by atoms with Gasteiger partial charge in [0.05, 0.1) is 12.7 Å². The Bertz CT molecular complexity index is 944. The molecule has 2 amide bonds. The van der Waals surface area contributed by atoms with Gasteiger partial charge in [-0.25, -0.2) is 4.79 Å². The minimum atomic E-state index is -0.731. The fourth-order valence-electron chi connectivity index (χ4n) is 2.45. The summed E-state index contributed by atoms with van der Waals surface area (Å²) in [5, 5.41) is 3.02. The molecule has 26 heavy (non-hydrogen) atoms. The van der Waals surface area contributed by atoms with Crippen molar-refractivity contribution < 1.29 is 23.9 Å². The lowest BCUT2D eigenvalue weighted by molar-refractivity contribution is -0.123. The van der Waals surface area contributed by atoms with E-state index < -0.39 is 24.4 Å². The Morgan fingerprint density at radius 3 is 2.54 bits per heavy atom. The van der Waals surface area contributed by atoms with Crippen LogP contribution in [-0.2, 0) is 9.53 Å². The van der Waals surface area contributed by atoms with E-state index in [0.717, 1.165) is 10.9 Å². The van der Waals surface area contributed by atoms with Gasteiger partial charge in [0, 0.05) is 10.9 Å². The lowest BCUT2D eigenvalue weighted by Crippen LogP contribution is -2.34. The lowest BCUT2D eigenvalue weighted by atomic mass is 10.2. The van der Waals surface area contributed by atoms with Crippen molar-refractivity contribution in [2.75, 3.05) is 13.7 Å². The molecule has 0 aliphatic rings. The molecule has 0 bridgehead atoms. The highest BCUT2D eigenvalue weighted by molar-refractivity contribution is 6.07. The van der Waals surface area contributed by atoms with Gasteiger partial charge in [-0.05, 0) is 24.3 Å². The van der Waals surface area contributed by atoms with E-state index in [0.29, 0.717) is 5.75 Å². The number of esters is 1. The maximum absolute atomic E-state index is 12.1. The van der Waals surface area contributed by atoms with Gasteiger partial charge in [0.1, 0.15) is 11.4 Å². The first kappa shape index (κ1) is 17.2. The number of methoxy groups -OCH3 is 1. The van der Waals surface area contributed by atoms with Crippen molar-refractivity contribution in [3.05, 3.63) is 65.9 Å². The molecule has 0 fully saturated rings. The largest absolute Gasteiger partial charge is 0.496 e. The smallest absolute Gasteiger partial charge is 0.355 e. The Kier molecular flexibility index (Phi) is 4.98. The number of nitrogens with one attached hydrogen (secondary N) is 2. The summed E-state index contributed by atoms with van der Waals surface area (Å²) in [6.07, 6.45) is 0. The van der Waals surface area contributed by atoms with Crippen molar-refractivity contribution in [2.45, 2.75) is 0 Å². The van der Waals surface area contributed by atoms with Crippen LogP contribution in [0.2, 0.25) is 0 Å². The molecule has 0 atom stereocenters. The van der Waals surface area contributed by atoms with E-state index in [-0.39, 0.29) is 11.3 Å². The molecule has 0 unspecified atom stereocenters. The summed E-state index contributed by atoms with van der Waals surface area (Å²) in [7, 11) is 1.43. The summed E-state index contributed by atoms with van der Waals surface area (Å²) >= 11 is 0. The molecule has 0 saturated heterocycles. The Morgan fingerprint density at radius 1 is 1.04 bits per heavy atom. The molecule has 132 valence electrons. The molecule has 2 N–H and O–H groups in total. The second-order valence-electron chi connectivity index (χ2n) is 5.42. The third-order valence-corrected chi connectivity index (χ3v) is 3.69. The van der Waals surface area contributed by atoms with Crippen molar-refractivity contribution in [3.8, 4) is 5.75 Å². The molecule has 0 aliphatic heterocycles. The zero-order valence-electron chi connectivity index (χ0n) is 13.9. The van der Waals surface area contributed by atoms with E-state index >= 15 is 0 Å². The summed E-state index contributed by atoms with van der Waals surface area (Å²) in [6, 6.07) is 15.5. The Labute approximate surface area is 148 Å². The maximum atomic E-state index is 12.1. The number of aromatic nitrogens is 1. The van der Waals surface area contributed by atoms with Crippen molar-refractivity contribution in [3.63, 3.8) is 0 Å². The Morgan fingerprint density at radius 2 is 1.77 bits per heavy atom. The summed E-state index contributed by atoms with van der Waals surface area (Å²) in [5.41, 5.74) is 1.23. The highest BCUT2D eigenvalue weighted by Gasteiger charge is 2.17. The molecule has 0 saturated carbocycles. The second kappa shape index (κ2) is 7.52. The van der Waals surface area contributed by atoms with Crippen molar-refractivity contribution >= 4 is 28.7 Å². The molecule has 7 nitrogen and oxygen atoms in total. The van der Waals surface area contributed by atoms with Gasteiger partial charge in [-0.2, -0.15) is 0 Å². The van der Waals surface area contributed by atoms with Crippen LogP contribution >= 0.6 is 0 Å². The van der Waals surface area contributed by atoms with Crippen LogP contribution in [0, 0.1) is 0 Å². The third-order valence-electron chi connectivity index (χ3n) is 3.69. The van der Waals surface area contributed by atoms with Gasteiger partial charge in [0.25, 0.3) is 11.8 Å². The number of hydrogen-bond acceptors (Lipinski definition) is 5. The van der Waals surface area contributed by atoms with E-state index in [4.69, 9.17) is 9.47 Å². The summed E-state index contributed by atoms with van der Waals surface area (Å²) in [6.45, 7) is -0.574. The fourth-order valence-corrected chi connectivity index (χ4v) is 2.45. The molecular weight excluding hydrogens is 336 g/mol. The lowest BCUT2D eigenvalue weighted by Gasteiger charge is -2.08. The average Bonchev–Trinajstić information content (AvgIpc) is 3.10. The molecule has 1 aromatic heterocycles. The van der Waals surface area contributed by atoms with Crippen LogP contribution in [0.25, 0.3) is 10.9 Å². The molecule has 7 heteroatoms. The van der Waals surface area contributed by atoms with E-state index in [9.17, 15) is 14.4 Å². The summed E-state index contributed by atoms with van der Waals surface area (Å²) in [5.74, 6) is -1.70. The van der Waals surface area contributed by atoms with Gasteiger partial charge in [-0.1, -0.05) is 30.3 Å². The van der Waals surface area contributed by atoms with E-state index in [1.165, 1.54) is 13.2 Å². The molecule has 0 aliphatic carbocycles. The number of carbonyl (C=O) groups excluding carboxylic acids is 3. The molecule has 0 radical (unpaired) electrons. The molecule has 0 spiro atoms. The first-order valence-corrected chi connectivity index (χ1v) is 7.80. The van der Waals surface area contributed by atoms with Crippen LogP contribution in [0.3, 0.4) is 0 Å². The second-order valence-corrected chi connectivity index (χ2v) is 5.42. The first-order chi connectivity index (χ1) is 12.6. The minimum Gasteiger partial charge on any atom is -0.496 e. The van der Waals surface area contributed by atoms with Crippen LogP contribution in [0.1, 0.15) is 20.8 Å². The quantitative estimate of drug-likeness (QED) is 0.687. The van der Waals surface area contributed by atoms with Gasteiger partial charge in [0.15, 0.2) is 6.61 Å². The predicted molar refractivity (Wildman–Crippen MR) is 94.0 cm³/mol. The number of amides is 2. The highest BCUT2D eigenvalue weighted by atomic mass is 16.5. The van der Waals surface area contributed by atoms with Gasteiger partial charge >= 0.3 is 5.97 Å². The monoisotopic (exact) mass is 352 g/mol. The number of rotatable bonds is 5. The first-order valence-electron chi connectivity index (χ1n) is 7.80. The van der Waals surface area contributed by atoms with Gasteiger partial charge < -0.3 is 14.5 Å². The maximum Gasteiger partial charge on any atom is 0.355 e. The standard InChI is InChI=1S/C19H16N2O5/c1-25-16-9-5-3-7-13(16)18(23)21-17(22)11-26-19(24)15-10-12-6-2-4-8-14(12)20-15/h2-10,20H,11H2,1H3,(H,21,22,23). The van der Waals surface area contributed by atoms with Crippen LogP contribution in [-0.4, -0.2) is 36.5 Å². The van der Waals surface area contributed by atoms with Crippen molar-refractivity contribution in [1.29, 1.82) is 0 Å². The number of H-pyrrole nitrogens is 1. The molecule has 3 aromatic rings. The average molecular weight is 352 g/mol. The number of imide groups is 1. The number of hydrogen-bond donors (Lipinski definition) is 2. The predicted octanol–water partition coefficient (Wildman–Crippen LogP) is 2.29. The number of benzene rings is 2. The van der Waals surface area contributed by atoms with Crippen molar-refractivity contribution in [1.82, 2.24) is 10.3 Å². The number of carbonyl (C=O) groups is 3. The zero-order chi connectivity index (χ0) is 18.5. The van der Waals surface area contributed by atoms with Crippen molar-refractivity contribution in [2.24, 2.45) is 0 Å². The zero-order valence-corrected chi connectivity index (χ0v) is 13.9. The number of para-hydroxylation sites is 2. The summed E-state index contributed by atoms with van der Waals surface area (Å²) < 4.78 is 10.0. The minimum absolute atomic E-state index is 0.213. The third kappa shape index (κ3) is 3.72. The van der Waals surface area contributed by atoms with Gasteiger partial charge in [-0.15, -0.1) is 0 Å². The van der Waals surface area contributed by atoms with Crippen LogP contribution in [0.4, 0.5) is 0 Å². The van der Waals surface area contributed by atoms with Crippen LogP contribution < -0.4 is 10.1 Å². The normalized spacial score (nSPS) is 10.3. The molecule has 3 rings (SSSR count). The fraction of sp³-hybridized carbons (Fsp3) is 0.105. The van der Waals surface area contributed by atoms with Gasteiger partial charge in [0.2, 0.25) is 0 Å². The highest BCUT2D eigenvalue weighted by Crippen LogP contribution is 2.17. The van der Waals surface area contributed by atoms with Gasteiger partial charge in [-0.3, -0.25) is 14.9 Å². The van der Waals surface area contributed by atoms with E-state index in [1.54, 1.807) is 24.3 Å².